The van der Waals surface area contributed by atoms with Crippen LogP contribution >= 0.6 is 0 Å². The zero-order valence-corrected chi connectivity index (χ0v) is 16.0. The molecular weight excluding hydrogens is 363 g/mol. The van der Waals surface area contributed by atoms with Gasteiger partial charge in [0.15, 0.2) is 0 Å². The second kappa shape index (κ2) is 9.12. The minimum absolute atomic E-state index is 0.103. The van der Waals surface area contributed by atoms with Gasteiger partial charge in [-0.15, -0.1) is 0 Å². The molecule has 2 rings (SSSR count). The highest BCUT2D eigenvalue weighted by atomic mass is 19.1. The van der Waals surface area contributed by atoms with E-state index in [1.54, 1.807) is 50.2 Å². The van der Waals surface area contributed by atoms with Crippen molar-refractivity contribution in [2.75, 3.05) is 19.0 Å². The van der Waals surface area contributed by atoms with Gasteiger partial charge in [0.05, 0.1) is 18.9 Å². The van der Waals surface area contributed by atoms with Gasteiger partial charge in [-0.3, -0.25) is 14.4 Å². The van der Waals surface area contributed by atoms with E-state index in [0.717, 1.165) is 5.56 Å². The van der Waals surface area contributed by atoms with Crippen molar-refractivity contribution < 1.29 is 23.5 Å². The van der Waals surface area contributed by atoms with Gasteiger partial charge >= 0.3 is 5.97 Å². The van der Waals surface area contributed by atoms with Crippen LogP contribution in [0.5, 0.6) is 0 Å². The van der Waals surface area contributed by atoms with Gasteiger partial charge in [0.1, 0.15) is 12.4 Å². The number of hydrogen-bond donors (Lipinski definition) is 2. The van der Waals surface area contributed by atoms with Crippen LogP contribution < -0.4 is 10.6 Å². The van der Waals surface area contributed by atoms with E-state index in [9.17, 15) is 18.8 Å². The molecule has 0 radical (unpaired) electrons. The molecule has 0 saturated heterocycles. The van der Waals surface area contributed by atoms with Crippen LogP contribution in [-0.2, 0) is 31.0 Å². The lowest BCUT2D eigenvalue weighted by molar-refractivity contribution is -0.141. The van der Waals surface area contributed by atoms with Crippen molar-refractivity contribution >= 4 is 23.5 Å². The number of benzene rings is 2. The molecule has 28 heavy (non-hydrogen) atoms. The third kappa shape index (κ3) is 5.64. The van der Waals surface area contributed by atoms with Crippen molar-refractivity contribution in [1.82, 2.24) is 5.32 Å². The predicted octanol–water partition coefficient (Wildman–Crippen LogP) is 2.57. The van der Waals surface area contributed by atoms with Crippen LogP contribution in [0.3, 0.4) is 0 Å². The van der Waals surface area contributed by atoms with Crippen LogP contribution in [0.15, 0.2) is 48.5 Å². The third-order valence-corrected chi connectivity index (χ3v) is 4.37. The van der Waals surface area contributed by atoms with Crippen LogP contribution in [0.1, 0.15) is 25.0 Å². The molecule has 2 aromatic rings. The predicted molar refractivity (Wildman–Crippen MR) is 103 cm³/mol. The number of hydrogen-bond acceptors (Lipinski definition) is 4. The highest BCUT2D eigenvalue weighted by Gasteiger charge is 2.29. The van der Waals surface area contributed by atoms with Gasteiger partial charge in [0, 0.05) is 5.69 Å². The summed E-state index contributed by atoms with van der Waals surface area (Å²) in [6.45, 7) is 3.34. The summed E-state index contributed by atoms with van der Waals surface area (Å²) in [6, 6.07) is 12.7. The maximum atomic E-state index is 13.1. The molecule has 0 bridgehead atoms. The lowest BCUT2D eigenvalue weighted by atomic mass is 9.83. The van der Waals surface area contributed by atoms with E-state index in [1.807, 2.05) is 0 Å². The van der Waals surface area contributed by atoms with E-state index in [1.165, 1.54) is 19.2 Å². The summed E-state index contributed by atoms with van der Waals surface area (Å²) >= 11 is 0. The molecule has 0 saturated carbocycles. The van der Waals surface area contributed by atoms with Crippen LogP contribution in [0.2, 0.25) is 0 Å². The number of amides is 2. The molecule has 0 spiro atoms. The number of carbonyl (C=O) groups is 3. The Morgan fingerprint density at radius 1 is 1.00 bits per heavy atom. The molecule has 7 heteroatoms. The number of carbonyl (C=O) groups excluding carboxylic acids is 3. The normalized spacial score (nSPS) is 10.9. The first-order valence-corrected chi connectivity index (χ1v) is 8.72. The summed E-state index contributed by atoms with van der Waals surface area (Å²) in [5, 5.41) is 5.29. The smallest absolute Gasteiger partial charge is 0.325 e. The lowest BCUT2D eigenvalue weighted by Gasteiger charge is -2.24. The Hall–Kier alpha value is -3.22. The Morgan fingerprint density at radius 2 is 1.61 bits per heavy atom. The van der Waals surface area contributed by atoms with E-state index >= 15 is 0 Å². The van der Waals surface area contributed by atoms with E-state index < -0.39 is 11.4 Å². The van der Waals surface area contributed by atoms with E-state index in [4.69, 9.17) is 0 Å². The third-order valence-electron chi connectivity index (χ3n) is 4.37. The summed E-state index contributed by atoms with van der Waals surface area (Å²) < 4.78 is 17.6. The molecule has 0 heterocycles. The number of halogens is 1. The fourth-order valence-electron chi connectivity index (χ4n) is 2.48. The average molecular weight is 386 g/mol. The molecule has 0 aliphatic heterocycles. The number of methoxy groups -OCH3 is 1. The minimum Gasteiger partial charge on any atom is -0.468 e. The molecule has 6 nitrogen and oxygen atoms in total. The molecule has 0 aromatic heterocycles. The Labute approximate surface area is 163 Å². The average Bonchev–Trinajstić information content (AvgIpc) is 2.67. The molecular formula is C21H23FN2O4. The zero-order chi connectivity index (χ0) is 20.7. The first kappa shape index (κ1) is 21.1. The lowest BCUT2D eigenvalue weighted by Crippen LogP contribution is -2.34. The van der Waals surface area contributed by atoms with Crippen LogP contribution in [0.25, 0.3) is 0 Å². The highest BCUT2D eigenvalue weighted by molar-refractivity contribution is 5.98. The molecule has 2 amide bonds. The van der Waals surface area contributed by atoms with Crippen LogP contribution in [0, 0.1) is 5.82 Å². The quantitative estimate of drug-likeness (QED) is 0.717. The molecule has 0 unspecified atom stereocenters. The number of rotatable bonds is 7. The largest absolute Gasteiger partial charge is 0.468 e. The fourth-order valence-corrected chi connectivity index (χ4v) is 2.48. The van der Waals surface area contributed by atoms with E-state index in [-0.39, 0.29) is 30.6 Å². The Bertz CT molecular complexity index is 846. The van der Waals surface area contributed by atoms with Crippen molar-refractivity contribution in [3.05, 3.63) is 65.5 Å². The number of ether oxygens (including phenoxy) is 1. The molecule has 0 fully saturated rings. The van der Waals surface area contributed by atoms with Crippen molar-refractivity contribution in [3.63, 3.8) is 0 Å². The number of anilines is 1. The standard InChI is InChI=1S/C21H23FN2O4/c1-21(2,15-6-8-16(22)9-7-15)20(27)24-17-10-4-14(5-11-17)12-18(25)23-13-19(26)28-3/h4-11H,12-13H2,1-3H3,(H,23,25)(H,24,27). The van der Waals surface area contributed by atoms with Gasteiger partial charge in [-0.2, -0.15) is 0 Å². The van der Waals surface area contributed by atoms with Crippen molar-refractivity contribution in [1.29, 1.82) is 0 Å². The first-order chi connectivity index (χ1) is 13.2. The first-order valence-electron chi connectivity index (χ1n) is 8.72. The van der Waals surface area contributed by atoms with Crippen LogP contribution in [-0.4, -0.2) is 31.4 Å². The summed E-state index contributed by atoms with van der Waals surface area (Å²) in [7, 11) is 1.25. The van der Waals surface area contributed by atoms with Crippen LogP contribution in [0.4, 0.5) is 10.1 Å². The van der Waals surface area contributed by atoms with Gasteiger partial charge < -0.3 is 15.4 Å². The summed E-state index contributed by atoms with van der Waals surface area (Å²) in [5.74, 6) is -1.41. The monoisotopic (exact) mass is 386 g/mol. The highest BCUT2D eigenvalue weighted by Crippen LogP contribution is 2.25. The maximum Gasteiger partial charge on any atom is 0.325 e. The topological polar surface area (TPSA) is 84.5 Å². The van der Waals surface area contributed by atoms with E-state index in [0.29, 0.717) is 11.3 Å². The molecule has 0 aliphatic rings. The maximum absolute atomic E-state index is 13.1. The zero-order valence-electron chi connectivity index (χ0n) is 16.0. The Kier molecular flexibility index (Phi) is 6.87. The number of esters is 1. The number of nitrogens with one attached hydrogen (secondary N) is 2. The SMILES string of the molecule is COC(=O)CNC(=O)Cc1ccc(NC(=O)C(C)(C)c2ccc(F)cc2)cc1. The van der Waals surface area contributed by atoms with Gasteiger partial charge in [-0.25, -0.2) is 4.39 Å². The Balaban J connectivity index is 1.96. The van der Waals surface area contributed by atoms with Crippen molar-refractivity contribution in [2.45, 2.75) is 25.7 Å². The summed E-state index contributed by atoms with van der Waals surface area (Å²) in [4.78, 5) is 35.5. The second-order valence-corrected chi connectivity index (χ2v) is 6.81. The summed E-state index contributed by atoms with van der Waals surface area (Å²) in [6.07, 6.45) is 0.103. The fraction of sp³-hybridized carbons (Fsp3) is 0.286. The molecule has 148 valence electrons. The minimum atomic E-state index is -0.847. The van der Waals surface area contributed by atoms with Gasteiger partial charge in [0.2, 0.25) is 11.8 Å². The second-order valence-electron chi connectivity index (χ2n) is 6.81. The van der Waals surface area contributed by atoms with E-state index in [2.05, 4.69) is 15.4 Å². The van der Waals surface area contributed by atoms with Crippen molar-refractivity contribution in [2.24, 2.45) is 0 Å². The van der Waals surface area contributed by atoms with Gasteiger partial charge in [-0.05, 0) is 49.2 Å². The van der Waals surface area contributed by atoms with Gasteiger partial charge in [-0.1, -0.05) is 24.3 Å². The molecule has 0 atom stereocenters. The summed E-state index contributed by atoms with van der Waals surface area (Å²) in [5.41, 5.74) is 1.17. The van der Waals surface area contributed by atoms with Crippen molar-refractivity contribution in [3.8, 4) is 0 Å². The van der Waals surface area contributed by atoms with Gasteiger partial charge in [0.25, 0.3) is 0 Å². The molecule has 0 aliphatic carbocycles. The molecule has 2 aromatic carbocycles. The Morgan fingerprint density at radius 3 is 2.18 bits per heavy atom. The molecule has 2 N–H and O–H groups in total.